The Bertz CT molecular complexity index is 356. The molecule has 1 saturated carbocycles. The Morgan fingerprint density at radius 2 is 2.10 bits per heavy atom. The third-order valence-electron chi connectivity index (χ3n) is 3.60. The van der Waals surface area contributed by atoms with E-state index >= 15 is 0 Å². The average Bonchev–Trinajstić information content (AvgIpc) is 2.35. The molecule has 114 valence electrons. The summed E-state index contributed by atoms with van der Waals surface area (Å²) in [6, 6.07) is 2.42. The highest BCUT2D eigenvalue weighted by atomic mass is 32.2. The van der Waals surface area contributed by atoms with Gasteiger partial charge in [-0.25, -0.2) is 0 Å². The van der Waals surface area contributed by atoms with Crippen LogP contribution in [-0.4, -0.2) is 22.6 Å². The molecule has 1 rings (SSSR count). The lowest BCUT2D eigenvalue weighted by atomic mass is 9.80. The molecule has 0 aromatic carbocycles. The van der Waals surface area contributed by atoms with E-state index in [1.807, 2.05) is 20.8 Å². The van der Waals surface area contributed by atoms with Crippen LogP contribution in [0.15, 0.2) is 0 Å². The summed E-state index contributed by atoms with van der Waals surface area (Å²) in [5.41, 5.74) is -0.427. The largest absolute Gasteiger partial charge is 0.459 e. The van der Waals surface area contributed by atoms with Gasteiger partial charge in [0.1, 0.15) is 5.60 Å². The fraction of sp³-hybridized carbons (Fsp3) is 0.875. The number of thioether (sulfide) groups is 1. The minimum Gasteiger partial charge on any atom is -0.459 e. The Labute approximate surface area is 127 Å². The summed E-state index contributed by atoms with van der Waals surface area (Å²) < 4.78 is 5.33. The standard InChI is InChI=1S/C16H27NO2S/c1-5-6-12-7-8-13(10-17)14(9-12)20-11-15(18)19-16(2,3)4/h12-14H,5-9,11H2,1-4H3. The van der Waals surface area contributed by atoms with Crippen molar-refractivity contribution in [3.63, 3.8) is 0 Å². The highest BCUT2D eigenvalue weighted by Gasteiger charge is 2.31. The molecule has 20 heavy (non-hydrogen) atoms. The Hall–Kier alpha value is -0.690. The molecule has 3 nitrogen and oxygen atoms in total. The van der Waals surface area contributed by atoms with Crippen molar-refractivity contribution in [3.05, 3.63) is 0 Å². The van der Waals surface area contributed by atoms with Gasteiger partial charge in [0.25, 0.3) is 0 Å². The van der Waals surface area contributed by atoms with E-state index < -0.39 is 5.60 Å². The van der Waals surface area contributed by atoms with E-state index in [0.717, 1.165) is 25.2 Å². The van der Waals surface area contributed by atoms with Crippen LogP contribution in [0.2, 0.25) is 0 Å². The number of carbonyl (C=O) groups is 1. The minimum absolute atomic E-state index is 0.0931. The molecule has 0 amide bonds. The minimum atomic E-state index is -0.427. The predicted molar refractivity (Wildman–Crippen MR) is 83.4 cm³/mol. The number of esters is 1. The summed E-state index contributed by atoms with van der Waals surface area (Å²) in [6.45, 7) is 7.85. The average molecular weight is 297 g/mol. The number of ether oxygens (including phenoxy) is 1. The van der Waals surface area contributed by atoms with E-state index in [-0.39, 0.29) is 17.1 Å². The SMILES string of the molecule is CCCC1CCC(C#N)C(SCC(=O)OC(C)(C)C)C1. The van der Waals surface area contributed by atoms with E-state index in [0.29, 0.717) is 5.75 Å². The maximum absolute atomic E-state index is 11.8. The van der Waals surface area contributed by atoms with Gasteiger partial charge in [-0.15, -0.1) is 11.8 Å². The zero-order valence-electron chi connectivity index (χ0n) is 13.1. The molecule has 0 saturated heterocycles. The summed E-state index contributed by atoms with van der Waals surface area (Å²) in [5.74, 6) is 1.01. The van der Waals surface area contributed by atoms with Crippen molar-refractivity contribution in [1.29, 1.82) is 5.26 Å². The van der Waals surface area contributed by atoms with E-state index in [9.17, 15) is 10.1 Å². The lowest BCUT2D eigenvalue weighted by Gasteiger charge is -2.32. The highest BCUT2D eigenvalue weighted by Crippen LogP contribution is 2.38. The van der Waals surface area contributed by atoms with Crippen LogP contribution in [0.4, 0.5) is 0 Å². The van der Waals surface area contributed by atoms with Gasteiger partial charge >= 0.3 is 5.97 Å². The second kappa shape index (κ2) is 7.93. The molecule has 3 atom stereocenters. The smallest absolute Gasteiger partial charge is 0.316 e. The monoisotopic (exact) mass is 297 g/mol. The van der Waals surface area contributed by atoms with E-state index in [2.05, 4.69) is 13.0 Å². The first kappa shape index (κ1) is 17.4. The van der Waals surface area contributed by atoms with Gasteiger partial charge in [0.15, 0.2) is 0 Å². The maximum atomic E-state index is 11.8. The lowest BCUT2D eigenvalue weighted by molar-refractivity contribution is -0.151. The number of rotatable bonds is 5. The lowest BCUT2D eigenvalue weighted by Crippen LogP contribution is -2.29. The number of nitriles is 1. The van der Waals surface area contributed by atoms with Gasteiger partial charge in [-0.1, -0.05) is 19.8 Å². The first-order chi connectivity index (χ1) is 9.35. The normalized spacial score (nSPS) is 26.9. The van der Waals surface area contributed by atoms with E-state index in [1.54, 1.807) is 11.8 Å². The molecular formula is C16H27NO2S. The molecule has 0 spiro atoms. The van der Waals surface area contributed by atoms with Crippen LogP contribution in [0.25, 0.3) is 0 Å². The van der Waals surface area contributed by atoms with Crippen LogP contribution in [0.3, 0.4) is 0 Å². The molecule has 0 aliphatic heterocycles. The van der Waals surface area contributed by atoms with Crippen molar-refractivity contribution in [2.24, 2.45) is 11.8 Å². The molecule has 0 bridgehead atoms. The molecule has 0 N–H and O–H groups in total. The maximum Gasteiger partial charge on any atom is 0.316 e. The molecule has 4 heteroatoms. The Morgan fingerprint density at radius 1 is 1.40 bits per heavy atom. The molecule has 1 fully saturated rings. The molecular weight excluding hydrogens is 270 g/mol. The molecule has 1 aliphatic carbocycles. The second-order valence-electron chi connectivity index (χ2n) is 6.64. The van der Waals surface area contributed by atoms with Crippen LogP contribution in [0.5, 0.6) is 0 Å². The number of hydrogen-bond acceptors (Lipinski definition) is 4. The quantitative estimate of drug-likeness (QED) is 0.715. The van der Waals surface area contributed by atoms with Crippen molar-refractivity contribution in [2.75, 3.05) is 5.75 Å². The summed E-state index contributed by atoms with van der Waals surface area (Å²) in [4.78, 5) is 11.8. The first-order valence-corrected chi connectivity index (χ1v) is 8.63. The van der Waals surface area contributed by atoms with Gasteiger partial charge in [-0.3, -0.25) is 4.79 Å². The molecule has 1 aliphatic rings. The molecule has 3 unspecified atom stereocenters. The van der Waals surface area contributed by atoms with Crippen LogP contribution in [0, 0.1) is 23.2 Å². The fourth-order valence-electron chi connectivity index (χ4n) is 2.76. The van der Waals surface area contributed by atoms with Crippen molar-refractivity contribution < 1.29 is 9.53 Å². The van der Waals surface area contributed by atoms with E-state index in [4.69, 9.17) is 4.74 Å². The Balaban J connectivity index is 2.46. The summed E-state index contributed by atoms with van der Waals surface area (Å²) in [7, 11) is 0. The molecule has 0 aromatic rings. The second-order valence-corrected chi connectivity index (χ2v) is 7.87. The van der Waals surface area contributed by atoms with Crippen molar-refractivity contribution in [1.82, 2.24) is 0 Å². The van der Waals surface area contributed by atoms with E-state index in [1.165, 1.54) is 12.8 Å². The number of nitrogens with zero attached hydrogens (tertiary/aromatic N) is 1. The zero-order valence-corrected chi connectivity index (χ0v) is 14.0. The van der Waals surface area contributed by atoms with Crippen molar-refractivity contribution in [3.8, 4) is 6.07 Å². The van der Waals surface area contributed by atoms with Gasteiger partial charge in [0.05, 0.1) is 17.7 Å². The number of carbonyl (C=O) groups excluding carboxylic acids is 1. The molecule has 0 heterocycles. The predicted octanol–water partition coefficient (Wildman–Crippen LogP) is 4.17. The third kappa shape index (κ3) is 6.17. The van der Waals surface area contributed by atoms with Crippen molar-refractivity contribution >= 4 is 17.7 Å². The Kier molecular flexibility index (Phi) is 6.88. The molecule has 0 radical (unpaired) electrons. The first-order valence-electron chi connectivity index (χ1n) is 7.58. The van der Waals surface area contributed by atoms with Crippen molar-refractivity contribution in [2.45, 2.75) is 70.7 Å². The summed E-state index contributed by atoms with van der Waals surface area (Å²) in [5, 5.41) is 9.54. The Morgan fingerprint density at radius 3 is 2.65 bits per heavy atom. The molecule has 0 aromatic heterocycles. The zero-order chi connectivity index (χ0) is 15.2. The van der Waals surface area contributed by atoms with Gasteiger partial charge in [0.2, 0.25) is 0 Å². The van der Waals surface area contributed by atoms with Gasteiger partial charge < -0.3 is 4.74 Å². The third-order valence-corrected chi connectivity index (χ3v) is 4.95. The van der Waals surface area contributed by atoms with Gasteiger partial charge in [-0.2, -0.15) is 5.26 Å². The highest BCUT2D eigenvalue weighted by molar-refractivity contribution is 8.00. The van der Waals surface area contributed by atoms with Crippen LogP contribution in [-0.2, 0) is 9.53 Å². The van der Waals surface area contributed by atoms with Crippen LogP contribution < -0.4 is 0 Å². The summed E-state index contributed by atoms with van der Waals surface area (Å²) >= 11 is 1.61. The topological polar surface area (TPSA) is 50.1 Å². The summed E-state index contributed by atoms with van der Waals surface area (Å²) in [6.07, 6.45) is 5.65. The van der Waals surface area contributed by atoms with Crippen LogP contribution in [0.1, 0.15) is 59.8 Å². The number of hydrogen-bond donors (Lipinski definition) is 0. The fourth-order valence-corrected chi connectivity index (χ4v) is 4.01. The van der Waals surface area contributed by atoms with Gasteiger partial charge in [-0.05, 0) is 46.0 Å². The van der Waals surface area contributed by atoms with Gasteiger partial charge in [0, 0.05) is 5.25 Å². The van der Waals surface area contributed by atoms with Crippen LogP contribution >= 0.6 is 11.8 Å².